The minimum absolute atomic E-state index is 0. The number of rotatable bonds is 5. The van der Waals surface area contributed by atoms with Crippen LogP contribution in [0, 0.1) is 6.92 Å². The van der Waals surface area contributed by atoms with E-state index in [-0.39, 0.29) is 7.33 Å². The first kappa shape index (κ1) is 16.2. The van der Waals surface area contributed by atoms with Crippen molar-refractivity contribution >= 4 is 24.9 Å². The molecule has 114 valence electrons. The van der Waals surface area contributed by atoms with E-state index in [2.05, 4.69) is 10.3 Å². The number of nitrogens with zero attached hydrogens (tertiary/aromatic N) is 1. The molecule has 2 aromatic rings. The van der Waals surface area contributed by atoms with Crippen molar-refractivity contribution in [2.24, 2.45) is 0 Å². The molecule has 5 nitrogen and oxygen atoms in total. The van der Waals surface area contributed by atoms with Gasteiger partial charge in [-0.05, 0) is 24.6 Å². The predicted octanol–water partition coefficient (Wildman–Crippen LogP) is 1.97. The van der Waals surface area contributed by atoms with Gasteiger partial charge in [0.1, 0.15) is 13.5 Å². The molecule has 2 rings (SSSR count). The third-order valence-corrected chi connectivity index (χ3v) is 3.34. The zero-order valence-electron chi connectivity index (χ0n) is 12.8. The quantitative estimate of drug-likeness (QED) is 0.677. The van der Waals surface area contributed by atoms with Gasteiger partial charge in [0.15, 0.2) is 6.29 Å². The maximum absolute atomic E-state index is 12.2. The lowest BCUT2D eigenvalue weighted by Gasteiger charge is -2.14. The summed E-state index contributed by atoms with van der Waals surface area (Å²) in [5.74, 6) is -0.299. The molecule has 1 heterocycles. The van der Waals surface area contributed by atoms with Crippen molar-refractivity contribution in [1.29, 1.82) is 0 Å². The van der Waals surface area contributed by atoms with Gasteiger partial charge in [0.05, 0.1) is 0 Å². The van der Waals surface area contributed by atoms with E-state index in [1.54, 1.807) is 36.5 Å². The first-order chi connectivity index (χ1) is 10.6. The molecule has 1 amide bonds. The Bertz CT molecular complexity index is 661. The molecule has 0 spiro atoms. The Labute approximate surface area is 132 Å². The third-order valence-electron chi connectivity index (χ3n) is 3.34. The molecular weight excluding hydrogens is 279 g/mol. The van der Waals surface area contributed by atoms with Crippen LogP contribution in [0.15, 0.2) is 36.5 Å². The van der Waals surface area contributed by atoms with E-state index in [1.807, 2.05) is 6.92 Å². The summed E-state index contributed by atoms with van der Waals surface area (Å²) in [6, 6.07) is 8.73. The maximum Gasteiger partial charge on any atom is 0.274 e. The second-order valence-corrected chi connectivity index (χ2v) is 4.75. The van der Waals surface area contributed by atoms with E-state index < -0.39 is 6.29 Å². The van der Waals surface area contributed by atoms with Gasteiger partial charge >= 0.3 is 0 Å². The number of carbonyl (C=O) groups excluding carboxylic acids is 1. The lowest BCUT2D eigenvalue weighted by atomic mass is 9.90. The molecule has 1 aromatic heterocycles. The van der Waals surface area contributed by atoms with E-state index >= 15 is 0 Å². The zero-order chi connectivity index (χ0) is 16.1. The molecule has 0 fully saturated rings. The Morgan fingerprint density at radius 3 is 2.59 bits per heavy atom. The highest BCUT2D eigenvalue weighted by molar-refractivity contribution is 6.33. The number of methoxy groups -OCH3 is 2. The molecule has 0 bridgehead atoms. The van der Waals surface area contributed by atoms with Crippen molar-refractivity contribution < 1.29 is 15.7 Å². The van der Waals surface area contributed by atoms with E-state index in [0.29, 0.717) is 16.8 Å². The average molecular weight is 298 g/mol. The molecule has 0 atom stereocenters. The van der Waals surface area contributed by atoms with E-state index in [9.17, 15) is 4.79 Å². The van der Waals surface area contributed by atoms with Crippen molar-refractivity contribution in [3.8, 4) is 0 Å². The number of carbonyl (C=O) groups is 1. The van der Waals surface area contributed by atoms with Crippen LogP contribution in [-0.4, -0.2) is 33.0 Å². The number of aromatic nitrogens is 1. The predicted molar refractivity (Wildman–Crippen MR) is 87.6 cm³/mol. The highest BCUT2D eigenvalue weighted by atomic mass is 16.7. The SMILES string of the molecule is [B]c1cccc(NC(=O)c2ccc(C(OC)OC)cn2)c1C.[HH]. The van der Waals surface area contributed by atoms with Crippen LogP contribution >= 0.6 is 0 Å². The number of amides is 1. The molecule has 0 aliphatic heterocycles. The monoisotopic (exact) mass is 298 g/mol. The lowest BCUT2D eigenvalue weighted by molar-refractivity contribution is -0.106. The van der Waals surface area contributed by atoms with Crippen molar-refractivity contribution in [1.82, 2.24) is 4.98 Å². The lowest BCUT2D eigenvalue weighted by Crippen LogP contribution is -2.18. The molecule has 0 aliphatic rings. The Morgan fingerprint density at radius 1 is 1.27 bits per heavy atom. The van der Waals surface area contributed by atoms with Gasteiger partial charge in [-0.1, -0.05) is 23.7 Å². The summed E-state index contributed by atoms with van der Waals surface area (Å²) in [5.41, 5.74) is 3.16. The minimum Gasteiger partial charge on any atom is -0.352 e. The van der Waals surface area contributed by atoms with Crippen LogP contribution < -0.4 is 10.8 Å². The standard InChI is InChI=1S/C16H17BN2O3.H2/c1-10-12(17)5-4-6-13(10)19-15(20)14-8-7-11(9-18-14)16(21-2)22-3;/h4-9,16H,1-3H3,(H,19,20);1H. The number of nitrogens with one attached hydrogen (secondary N) is 1. The fourth-order valence-electron chi connectivity index (χ4n) is 2.02. The Balaban J connectivity index is 0.00000264. The van der Waals surface area contributed by atoms with Gasteiger partial charge in [0.25, 0.3) is 5.91 Å². The molecule has 1 N–H and O–H groups in total. The summed E-state index contributed by atoms with van der Waals surface area (Å²) >= 11 is 0. The van der Waals surface area contributed by atoms with Gasteiger partial charge in [0, 0.05) is 33.1 Å². The highest BCUT2D eigenvalue weighted by Gasteiger charge is 2.13. The van der Waals surface area contributed by atoms with Crippen molar-refractivity contribution in [3.63, 3.8) is 0 Å². The van der Waals surface area contributed by atoms with Crippen LogP contribution in [0.5, 0.6) is 0 Å². The second kappa shape index (κ2) is 7.20. The normalized spacial score (nSPS) is 10.7. The molecule has 6 heteroatoms. The Kier molecular flexibility index (Phi) is 5.30. The number of ether oxygens (including phenoxy) is 2. The average Bonchev–Trinajstić information content (AvgIpc) is 2.53. The number of pyridine rings is 1. The summed E-state index contributed by atoms with van der Waals surface area (Å²) in [5, 5.41) is 2.80. The molecule has 22 heavy (non-hydrogen) atoms. The topological polar surface area (TPSA) is 60.5 Å². The summed E-state index contributed by atoms with van der Waals surface area (Å²) in [7, 11) is 8.90. The van der Waals surface area contributed by atoms with Gasteiger partial charge in [-0.15, -0.1) is 0 Å². The highest BCUT2D eigenvalue weighted by Crippen LogP contribution is 2.17. The smallest absolute Gasteiger partial charge is 0.274 e. The van der Waals surface area contributed by atoms with Crippen LogP contribution in [-0.2, 0) is 9.47 Å². The second-order valence-electron chi connectivity index (χ2n) is 4.75. The summed E-state index contributed by atoms with van der Waals surface area (Å²) in [4.78, 5) is 16.4. The van der Waals surface area contributed by atoms with Gasteiger partial charge in [0.2, 0.25) is 0 Å². The zero-order valence-corrected chi connectivity index (χ0v) is 12.8. The van der Waals surface area contributed by atoms with Crippen molar-refractivity contribution in [3.05, 3.63) is 53.3 Å². The van der Waals surface area contributed by atoms with Crippen LogP contribution in [0.4, 0.5) is 5.69 Å². The van der Waals surface area contributed by atoms with Gasteiger partial charge in [-0.3, -0.25) is 9.78 Å². The molecule has 0 saturated carbocycles. The Morgan fingerprint density at radius 2 is 2.00 bits per heavy atom. The molecule has 0 unspecified atom stereocenters. The van der Waals surface area contributed by atoms with Crippen molar-refractivity contribution in [2.45, 2.75) is 13.2 Å². The summed E-state index contributed by atoms with van der Waals surface area (Å²) in [6.07, 6.45) is 1.06. The first-order valence-corrected chi connectivity index (χ1v) is 6.74. The maximum atomic E-state index is 12.2. The number of anilines is 1. The van der Waals surface area contributed by atoms with Crippen LogP contribution in [0.2, 0.25) is 0 Å². The number of hydrogen-bond acceptors (Lipinski definition) is 4. The van der Waals surface area contributed by atoms with E-state index in [0.717, 1.165) is 11.1 Å². The first-order valence-electron chi connectivity index (χ1n) is 6.74. The molecule has 1 aromatic carbocycles. The minimum atomic E-state index is -0.499. The Hall–Kier alpha value is -2.18. The van der Waals surface area contributed by atoms with Crippen LogP contribution in [0.3, 0.4) is 0 Å². The van der Waals surface area contributed by atoms with Gasteiger partial charge in [-0.25, -0.2) is 0 Å². The summed E-state index contributed by atoms with van der Waals surface area (Å²) in [6.45, 7) is 1.85. The number of benzene rings is 1. The fraction of sp³-hybridized carbons (Fsp3) is 0.250. The molecular formula is C16H19BN2O3. The van der Waals surface area contributed by atoms with Crippen LogP contribution in [0.25, 0.3) is 0 Å². The largest absolute Gasteiger partial charge is 0.352 e. The van der Waals surface area contributed by atoms with E-state index in [4.69, 9.17) is 17.3 Å². The molecule has 0 aliphatic carbocycles. The molecule has 0 saturated heterocycles. The van der Waals surface area contributed by atoms with E-state index in [1.165, 1.54) is 14.2 Å². The number of hydrogen-bond donors (Lipinski definition) is 1. The van der Waals surface area contributed by atoms with Gasteiger partial charge in [-0.2, -0.15) is 0 Å². The van der Waals surface area contributed by atoms with Gasteiger partial charge < -0.3 is 14.8 Å². The third kappa shape index (κ3) is 3.53. The summed E-state index contributed by atoms with van der Waals surface area (Å²) < 4.78 is 10.3. The van der Waals surface area contributed by atoms with Crippen LogP contribution in [0.1, 0.15) is 29.3 Å². The fourth-order valence-corrected chi connectivity index (χ4v) is 2.02. The van der Waals surface area contributed by atoms with Crippen molar-refractivity contribution in [2.75, 3.05) is 19.5 Å². The molecule has 2 radical (unpaired) electrons.